The molecule has 0 aliphatic carbocycles. The Morgan fingerprint density at radius 1 is 1.03 bits per heavy atom. The van der Waals surface area contributed by atoms with Crippen LogP contribution >= 0.6 is 0 Å². The van der Waals surface area contributed by atoms with Gasteiger partial charge in [-0.2, -0.15) is 5.10 Å². The molecule has 7 heteroatoms. The van der Waals surface area contributed by atoms with Gasteiger partial charge in [-0.25, -0.2) is 4.68 Å². The minimum Gasteiger partial charge on any atom is -0.497 e. The summed E-state index contributed by atoms with van der Waals surface area (Å²) in [7, 11) is 1.59. The predicted molar refractivity (Wildman–Crippen MR) is 121 cm³/mol. The fraction of sp³-hybridized carbons (Fsp3) is 0.292. The molecule has 1 heterocycles. The van der Waals surface area contributed by atoms with Crippen molar-refractivity contribution < 1.29 is 14.3 Å². The summed E-state index contributed by atoms with van der Waals surface area (Å²) in [5.74, 6) is 0.872. The largest absolute Gasteiger partial charge is 0.497 e. The van der Waals surface area contributed by atoms with Gasteiger partial charge in [-0.05, 0) is 61.7 Å². The van der Waals surface area contributed by atoms with Crippen molar-refractivity contribution in [1.29, 1.82) is 0 Å². The number of anilines is 1. The first kappa shape index (κ1) is 22.1. The van der Waals surface area contributed by atoms with E-state index >= 15 is 0 Å². The lowest BCUT2D eigenvalue weighted by Crippen LogP contribution is -2.30. The van der Waals surface area contributed by atoms with Crippen LogP contribution in [0.3, 0.4) is 0 Å². The molecule has 1 aromatic heterocycles. The van der Waals surface area contributed by atoms with Crippen molar-refractivity contribution in [3.05, 3.63) is 70.9 Å². The van der Waals surface area contributed by atoms with E-state index in [0.29, 0.717) is 11.6 Å². The second-order valence-electron chi connectivity index (χ2n) is 7.71. The number of hydrogen-bond acceptors (Lipinski definition) is 4. The van der Waals surface area contributed by atoms with E-state index in [2.05, 4.69) is 21.8 Å². The fourth-order valence-electron chi connectivity index (χ4n) is 3.57. The van der Waals surface area contributed by atoms with Crippen LogP contribution in [0.4, 0.5) is 5.82 Å². The zero-order valence-corrected chi connectivity index (χ0v) is 18.5. The van der Waals surface area contributed by atoms with E-state index in [-0.39, 0.29) is 18.2 Å². The Hall–Kier alpha value is -3.61. The third-order valence-corrected chi connectivity index (χ3v) is 4.84. The molecule has 3 rings (SSSR count). The van der Waals surface area contributed by atoms with Gasteiger partial charge in [0.15, 0.2) is 0 Å². The molecule has 7 nitrogen and oxygen atoms in total. The fourth-order valence-corrected chi connectivity index (χ4v) is 3.57. The van der Waals surface area contributed by atoms with Crippen molar-refractivity contribution in [2.24, 2.45) is 0 Å². The maximum Gasteiger partial charge on any atom is 0.227 e. The number of carbonyl (C=O) groups is 2. The molecule has 0 bridgehead atoms. The number of amides is 2. The Balaban J connectivity index is 1.82. The Morgan fingerprint density at radius 2 is 1.68 bits per heavy atom. The predicted octanol–water partition coefficient (Wildman–Crippen LogP) is 4.01. The monoisotopic (exact) mass is 420 g/mol. The maximum absolute atomic E-state index is 12.9. The number of aromatic nitrogens is 2. The molecule has 2 aromatic carbocycles. The van der Waals surface area contributed by atoms with Crippen molar-refractivity contribution in [3.8, 4) is 11.4 Å². The van der Waals surface area contributed by atoms with E-state index in [1.807, 2.05) is 51.1 Å². The van der Waals surface area contributed by atoms with Gasteiger partial charge < -0.3 is 15.4 Å². The number of methoxy groups -OCH3 is 1. The highest BCUT2D eigenvalue weighted by Gasteiger charge is 2.19. The topological polar surface area (TPSA) is 85.2 Å². The van der Waals surface area contributed by atoms with Crippen LogP contribution in [0.1, 0.15) is 41.8 Å². The van der Waals surface area contributed by atoms with Crippen LogP contribution in [0.5, 0.6) is 5.75 Å². The molecular formula is C24H28N4O3. The molecule has 31 heavy (non-hydrogen) atoms. The van der Waals surface area contributed by atoms with Gasteiger partial charge in [-0.3, -0.25) is 9.59 Å². The molecule has 0 saturated heterocycles. The third-order valence-electron chi connectivity index (χ3n) is 4.84. The Morgan fingerprint density at radius 3 is 2.26 bits per heavy atom. The highest BCUT2D eigenvalue weighted by Crippen LogP contribution is 2.23. The number of ether oxygens (including phenoxy) is 1. The third kappa shape index (κ3) is 5.72. The van der Waals surface area contributed by atoms with Crippen LogP contribution in [0.25, 0.3) is 5.69 Å². The van der Waals surface area contributed by atoms with E-state index in [1.165, 1.54) is 6.92 Å². The smallest absolute Gasteiger partial charge is 0.227 e. The lowest BCUT2D eigenvalue weighted by molar-refractivity contribution is -0.120. The van der Waals surface area contributed by atoms with Crippen LogP contribution in [0, 0.1) is 20.8 Å². The van der Waals surface area contributed by atoms with E-state index in [1.54, 1.807) is 23.9 Å². The summed E-state index contributed by atoms with van der Waals surface area (Å²) in [4.78, 5) is 24.6. The van der Waals surface area contributed by atoms with Gasteiger partial charge in [-0.1, -0.05) is 18.2 Å². The molecule has 3 aromatic rings. The number of aryl methyl sites for hydroxylation is 3. The average Bonchev–Trinajstić information content (AvgIpc) is 3.06. The second kappa shape index (κ2) is 9.47. The van der Waals surface area contributed by atoms with E-state index < -0.39 is 6.04 Å². The first-order valence-corrected chi connectivity index (χ1v) is 10.1. The summed E-state index contributed by atoms with van der Waals surface area (Å²) >= 11 is 0. The van der Waals surface area contributed by atoms with Crippen molar-refractivity contribution >= 4 is 17.6 Å². The zero-order valence-electron chi connectivity index (χ0n) is 18.5. The van der Waals surface area contributed by atoms with E-state index in [9.17, 15) is 9.59 Å². The van der Waals surface area contributed by atoms with Gasteiger partial charge in [0.05, 0.1) is 31.0 Å². The second-order valence-corrected chi connectivity index (χ2v) is 7.71. The van der Waals surface area contributed by atoms with Gasteiger partial charge in [0.2, 0.25) is 11.8 Å². The lowest BCUT2D eigenvalue weighted by atomic mass is 10.0. The molecule has 2 amide bonds. The quantitative estimate of drug-likeness (QED) is 0.605. The molecule has 2 N–H and O–H groups in total. The van der Waals surface area contributed by atoms with Gasteiger partial charge in [0, 0.05) is 13.0 Å². The average molecular weight is 421 g/mol. The summed E-state index contributed by atoms with van der Waals surface area (Å²) < 4.78 is 6.92. The number of rotatable bonds is 7. The number of carbonyl (C=O) groups excluding carboxylic acids is 2. The molecule has 1 unspecified atom stereocenters. The first-order chi connectivity index (χ1) is 14.7. The van der Waals surface area contributed by atoms with Crippen LogP contribution in [-0.2, 0) is 9.59 Å². The number of nitrogens with one attached hydrogen (secondary N) is 2. The van der Waals surface area contributed by atoms with Gasteiger partial charge in [-0.15, -0.1) is 0 Å². The number of benzene rings is 2. The Bertz CT molecular complexity index is 1070. The van der Waals surface area contributed by atoms with E-state index in [0.717, 1.165) is 28.1 Å². The van der Waals surface area contributed by atoms with Crippen LogP contribution in [-0.4, -0.2) is 28.7 Å². The highest BCUT2D eigenvalue weighted by molar-refractivity contribution is 5.91. The molecule has 162 valence electrons. The standard InChI is InChI=1S/C24H28N4O3/c1-15-10-16(2)12-20(11-15)28-23(13-17(3)27-28)26-24(30)14-22(25-18(4)29)19-6-8-21(31-5)9-7-19/h6-13,22H,14H2,1-5H3,(H,25,29)(H,26,30). The minimum atomic E-state index is -0.456. The molecule has 0 saturated carbocycles. The molecular weight excluding hydrogens is 392 g/mol. The molecule has 0 aliphatic heterocycles. The lowest BCUT2D eigenvalue weighted by Gasteiger charge is -2.19. The first-order valence-electron chi connectivity index (χ1n) is 10.1. The van der Waals surface area contributed by atoms with Gasteiger partial charge >= 0.3 is 0 Å². The summed E-state index contributed by atoms with van der Waals surface area (Å²) in [6.07, 6.45) is 0.0863. The summed E-state index contributed by atoms with van der Waals surface area (Å²) in [6.45, 7) is 7.37. The summed E-state index contributed by atoms with van der Waals surface area (Å²) in [6, 6.07) is 14.8. The van der Waals surface area contributed by atoms with Crippen molar-refractivity contribution in [3.63, 3.8) is 0 Å². The SMILES string of the molecule is COc1ccc(C(CC(=O)Nc2cc(C)nn2-c2cc(C)cc(C)c2)NC(C)=O)cc1. The minimum absolute atomic E-state index is 0.0863. The molecule has 1 atom stereocenters. The normalized spacial score (nSPS) is 11.6. The van der Waals surface area contributed by atoms with Crippen LogP contribution in [0.2, 0.25) is 0 Å². The van der Waals surface area contributed by atoms with Gasteiger partial charge in [0.1, 0.15) is 11.6 Å². The summed E-state index contributed by atoms with van der Waals surface area (Å²) in [5, 5.41) is 10.3. The number of nitrogens with zero attached hydrogens (tertiary/aromatic N) is 2. The zero-order chi connectivity index (χ0) is 22.5. The van der Waals surface area contributed by atoms with E-state index in [4.69, 9.17) is 4.74 Å². The maximum atomic E-state index is 12.9. The van der Waals surface area contributed by atoms with Crippen LogP contribution in [0.15, 0.2) is 48.5 Å². The molecule has 0 radical (unpaired) electrons. The van der Waals surface area contributed by atoms with Crippen LogP contribution < -0.4 is 15.4 Å². The molecule has 0 fully saturated rings. The number of hydrogen-bond donors (Lipinski definition) is 2. The van der Waals surface area contributed by atoms with Crippen molar-refractivity contribution in [1.82, 2.24) is 15.1 Å². The summed E-state index contributed by atoms with van der Waals surface area (Å²) in [5.41, 5.74) is 4.74. The van der Waals surface area contributed by atoms with Crippen molar-refractivity contribution in [2.75, 3.05) is 12.4 Å². The Kier molecular flexibility index (Phi) is 6.74. The highest BCUT2D eigenvalue weighted by atomic mass is 16.5. The molecule has 0 spiro atoms. The molecule has 0 aliphatic rings. The van der Waals surface area contributed by atoms with Crippen molar-refractivity contribution in [2.45, 2.75) is 40.2 Å². The Labute approximate surface area is 182 Å². The van der Waals surface area contributed by atoms with Gasteiger partial charge in [0.25, 0.3) is 0 Å².